The van der Waals surface area contributed by atoms with E-state index >= 15 is 0 Å². The third-order valence-electron chi connectivity index (χ3n) is 4.96. The molecule has 0 bridgehead atoms. The maximum absolute atomic E-state index is 6.03. The van der Waals surface area contributed by atoms with Gasteiger partial charge in [0.1, 0.15) is 5.75 Å². The fraction of sp³-hybridized carbons (Fsp3) is 0.478. The molecule has 0 amide bonds. The second-order valence-corrected chi connectivity index (χ2v) is 9.61. The maximum atomic E-state index is 6.03. The Balaban J connectivity index is 2.49. The van der Waals surface area contributed by atoms with Crippen LogP contribution >= 0.6 is 8.58 Å². The molecule has 0 N–H and O–H groups in total. The molecule has 0 saturated heterocycles. The summed E-state index contributed by atoms with van der Waals surface area (Å²) in [5.74, 6) is 0.976. The lowest BCUT2D eigenvalue weighted by Gasteiger charge is -2.33. The molecule has 0 radical (unpaired) electrons. The van der Waals surface area contributed by atoms with Crippen LogP contribution in [0.15, 0.2) is 36.4 Å². The molecule has 3 nitrogen and oxygen atoms in total. The predicted molar refractivity (Wildman–Crippen MR) is 118 cm³/mol. The smallest absolute Gasteiger partial charge is 0.188 e. The highest BCUT2D eigenvalue weighted by atomic mass is 31.1. The molecule has 0 aliphatic heterocycles. The Hall–Kier alpha value is -1.41. The summed E-state index contributed by atoms with van der Waals surface area (Å²) in [5.41, 5.74) is 5.15. The van der Waals surface area contributed by atoms with Crippen molar-refractivity contribution >= 4 is 13.9 Å². The lowest BCUT2D eigenvalue weighted by atomic mass is 9.92. The van der Waals surface area contributed by atoms with Crippen LogP contribution in [-0.2, 0) is 16.4 Å². The summed E-state index contributed by atoms with van der Waals surface area (Å²) in [5, 5.41) is 1.45. The maximum Gasteiger partial charge on any atom is 0.188 e. The van der Waals surface area contributed by atoms with Crippen LogP contribution in [0, 0.1) is 13.8 Å². The van der Waals surface area contributed by atoms with Gasteiger partial charge in [0.25, 0.3) is 0 Å². The topological polar surface area (TPSA) is 21.7 Å². The summed E-state index contributed by atoms with van der Waals surface area (Å²) >= 11 is 0. The number of hydrogen-bond donors (Lipinski definition) is 0. The van der Waals surface area contributed by atoms with Gasteiger partial charge in [0.05, 0.1) is 0 Å². The van der Waals surface area contributed by atoms with Gasteiger partial charge < -0.3 is 14.4 Å². The SMILES string of the molecule is CCC(C)(Pc1ccccc1CN(C)C)c1cc(C)cc(C)c1OCOC. The van der Waals surface area contributed by atoms with Crippen LogP contribution in [0.3, 0.4) is 0 Å². The van der Waals surface area contributed by atoms with Crippen molar-refractivity contribution in [2.24, 2.45) is 0 Å². The summed E-state index contributed by atoms with van der Waals surface area (Å²) in [6, 6.07) is 13.3. The number of rotatable bonds is 9. The molecule has 2 aromatic carbocycles. The van der Waals surface area contributed by atoms with Gasteiger partial charge in [-0.25, -0.2) is 0 Å². The van der Waals surface area contributed by atoms with Crippen LogP contribution in [0.1, 0.15) is 42.5 Å². The lowest BCUT2D eigenvalue weighted by molar-refractivity contribution is 0.0495. The first-order valence-electron chi connectivity index (χ1n) is 9.55. The zero-order valence-corrected chi connectivity index (χ0v) is 18.8. The molecule has 4 heteroatoms. The van der Waals surface area contributed by atoms with Crippen molar-refractivity contribution in [3.05, 3.63) is 58.7 Å². The molecule has 0 fully saturated rings. The van der Waals surface area contributed by atoms with Gasteiger partial charge in [-0.1, -0.05) is 64.4 Å². The van der Waals surface area contributed by atoms with Crippen LogP contribution in [-0.4, -0.2) is 32.9 Å². The molecule has 2 aromatic rings. The molecule has 0 aliphatic rings. The van der Waals surface area contributed by atoms with Crippen molar-refractivity contribution in [1.82, 2.24) is 4.90 Å². The first kappa shape index (κ1) is 21.9. The number of hydrogen-bond acceptors (Lipinski definition) is 3. The monoisotopic (exact) mass is 387 g/mol. The van der Waals surface area contributed by atoms with Crippen LogP contribution in [0.2, 0.25) is 0 Å². The Kier molecular flexibility index (Phi) is 7.85. The molecule has 27 heavy (non-hydrogen) atoms. The quantitative estimate of drug-likeness (QED) is 0.448. The number of aryl methyl sites for hydroxylation is 2. The van der Waals surface area contributed by atoms with E-state index in [0.717, 1.165) is 18.7 Å². The minimum atomic E-state index is 0.0161. The molecule has 0 spiro atoms. The highest BCUT2D eigenvalue weighted by Crippen LogP contribution is 2.48. The Labute approximate surface area is 166 Å². The average molecular weight is 388 g/mol. The van der Waals surface area contributed by atoms with Crippen LogP contribution in [0.5, 0.6) is 5.75 Å². The fourth-order valence-electron chi connectivity index (χ4n) is 3.44. The lowest BCUT2D eigenvalue weighted by Crippen LogP contribution is -2.23. The predicted octanol–water partition coefficient (Wildman–Crippen LogP) is 4.98. The van der Waals surface area contributed by atoms with Crippen molar-refractivity contribution < 1.29 is 9.47 Å². The van der Waals surface area contributed by atoms with E-state index < -0.39 is 0 Å². The van der Waals surface area contributed by atoms with Crippen LogP contribution in [0.25, 0.3) is 0 Å². The van der Waals surface area contributed by atoms with Crippen LogP contribution in [0.4, 0.5) is 0 Å². The van der Waals surface area contributed by atoms with Gasteiger partial charge in [-0.3, -0.25) is 0 Å². The van der Waals surface area contributed by atoms with Crippen molar-refractivity contribution in [3.8, 4) is 5.75 Å². The Morgan fingerprint density at radius 1 is 1.11 bits per heavy atom. The van der Waals surface area contributed by atoms with E-state index in [4.69, 9.17) is 9.47 Å². The summed E-state index contributed by atoms with van der Waals surface area (Å²) in [6.45, 7) is 10.2. The molecule has 2 rings (SSSR count). The number of ether oxygens (including phenoxy) is 2. The standard InChI is InChI=1S/C23H34NO2P/c1-8-23(4,27-21-12-10-9-11-19(21)15-24(5)6)20-14-17(2)13-18(3)22(20)26-16-25-7/h9-14,27H,8,15-16H2,1-7H3. The summed E-state index contributed by atoms with van der Waals surface area (Å²) in [6.07, 6.45) is 1.05. The van der Waals surface area contributed by atoms with E-state index in [-0.39, 0.29) is 11.9 Å². The molecule has 0 aromatic heterocycles. The van der Waals surface area contributed by atoms with Gasteiger partial charge in [-0.15, -0.1) is 0 Å². The number of benzene rings is 2. The average Bonchev–Trinajstić information content (AvgIpc) is 2.61. The van der Waals surface area contributed by atoms with Gasteiger partial charge in [-0.2, -0.15) is 0 Å². The van der Waals surface area contributed by atoms with Crippen LogP contribution < -0.4 is 10.0 Å². The first-order chi connectivity index (χ1) is 12.8. The molecular formula is C23H34NO2P. The van der Waals surface area contributed by atoms with Gasteiger partial charge in [0.15, 0.2) is 6.79 Å². The summed E-state index contributed by atoms with van der Waals surface area (Å²) in [7, 11) is 6.59. The highest BCUT2D eigenvalue weighted by molar-refractivity contribution is 7.48. The van der Waals surface area contributed by atoms with Crippen molar-refractivity contribution in [2.75, 3.05) is 28.0 Å². The third kappa shape index (κ3) is 5.54. The third-order valence-corrected chi connectivity index (χ3v) is 6.89. The first-order valence-corrected chi connectivity index (χ1v) is 10.5. The summed E-state index contributed by atoms with van der Waals surface area (Å²) in [4.78, 5) is 2.23. The van der Waals surface area contributed by atoms with Gasteiger partial charge >= 0.3 is 0 Å². The van der Waals surface area contributed by atoms with Crippen molar-refractivity contribution in [3.63, 3.8) is 0 Å². The van der Waals surface area contributed by atoms with E-state index in [0.29, 0.717) is 8.58 Å². The zero-order valence-electron chi connectivity index (χ0n) is 17.8. The molecule has 0 aliphatic carbocycles. The van der Waals surface area contributed by atoms with E-state index in [1.54, 1.807) is 7.11 Å². The summed E-state index contributed by atoms with van der Waals surface area (Å²) < 4.78 is 11.2. The van der Waals surface area contributed by atoms with E-state index in [2.05, 4.69) is 83.1 Å². The molecule has 148 valence electrons. The number of nitrogens with zero attached hydrogens (tertiary/aromatic N) is 1. The molecule has 0 saturated carbocycles. The molecular weight excluding hydrogens is 353 g/mol. The van der Waals surface area contributed by atoms with Gasteiger partial charge in [-0.05, 0) is 50.8 Å². The molecule has 2 unspecified atom stereocenters. The second-order valence-electron chi connectivity index (χ2n) is 7.71. The van der Waals surface area contributed by atoms with Gasteiger partial charge in [0, 0.05) is 24.4 Å². The normalized spacial score (nSPS) is 14.1. The zero-order chi connectivity index (χ0) is 20.0. The molecule has 0 heterocycles. The van der Waals surface area contributed by atoms with Crippen molar-refractivity contribution in [1.29, 1.82) is 0 Å². The second kappa shape index (κ2) is 9.68. The van der Waals surface area contributed by atoms with E-state index in [1.165, 1.54) is 27.6 Å². The highest BCUT2D eigenvalue weighted by Gasteiger charge is 2.30. The Morgan fingerprint density at radius 3 is 2.44 bits per heavy atom. The van der Waals surface area contributed by atoms with Gasteiger partial charge in [0.2, 0.25) is 0 Å². The largest absolute Gasteiger partial charge is 0.467 e. The van der Waals surface area contributed by atoms with E-state index in [1.807, 2.05) is 0 Å². The number of methoxy groups -OCH3 is 1. The Morgan fingerprint density at radius 2 is 1.81 bits per heavy atom. The van der Waals surface area contributed by atoms with Crippen molar-refractivity contribution in [2.45, 2.75) is 45.8 Å². The molecule has 2 atom stereocenters. The minimum Gasteiger partial charge on any atom is -0.467 e. The Bertz CT molecular complexity index is 760. The fourth-order valence-corrected chi connectivity index (χ4v) is 5.03. The van der Waals surface area contributed by atoms with E-state index in [9.17, 15) is 0 Å². The minimum absolute atomic E-state index is 0.0161.